The second-order valence-electron chi connectivity index (χ2n) is 4.85. The van der Waals surface area contributed by atoms with Gasteiger partial charge in [-0.2, -0.15) is 0 Å². The molecule has 1 aliphatic rings. The molecule has 1 aromatic rings. The Hall–Kier alpha value is -0.480. The van der Waals surface area contributed by atoms with Gasteiger partial charge in [-0.05, 0) is 53.9 Å². The van der Waals surface area contributed by atoms with E-state index in [1.165, 1.54) is 12.1 Å². The molecule has 18 heavy (non-hydrogen) atoms. The number of benzene rings is 1. The summed E-state index contributed by atoms with van der Waals surface area (Å²) in [5, 5.41) is 3.41. The molecule has 2 unspecified atom stereocenters. The van der Waals surface area contributed by atoms with Crippen LogP contribution in [0.15, 0.2) is 16.6 Å². The van der Waals surface area contributed by atoms with E-state index in [0.717, 1.165) is 32.2 Å². The molecule has 1 N–H and O–H groups in total. The molecule has 0 aliphatic heterocycles. The van der Waals surface area contributed by atoms with Crippen LogP contribution >= 0.6 is 15.9 Å². The average Bonchev–Trinajstić information content (AvgIpc) is 2.80. The van der Waals surface area contributed by atoms with Gasteiger partial charge in [0.1, 0.15) is 11.6 Å². The topological polar surface area (TPSA) is 12.0 Å². The van der Waals surface area contributed by atoms with Crippen LogP contribution < -0.4 is 5.32 Å². The van der Waals surface area contributed by atoms with Crippen molar-refractivity contribution in [3.8, 4) is 0 Å². The van der Waals surface area contributed by atoms with E-state index in [2.05, 4.69) is 28.2 Å². The summed E-state index contributed by atoms with van der Waals surface area (Å²) in [6.45, 7) is 3.00. The van der Waals surface area contributed by atoms with E-state index in [-0.39, 0.29) is 17.5 Å². The molecule has 100 valence electrons. The third-order valence-corrected chi connectivity index (χ3v) is 4.24. The van der Waals surface area contributed by atoms with Gasteiger partial charge in [-0.3, -0.25) is 0 Å². The van der Waals surface area contributed by atoms with Crippen LogP contribution in [0.4, 0.5) is 8.78 Å². The van der Waals surface area contributed by atoms with Gasteiger partial charge < -0.3 is 5.32 Å². The standard InChI is InChI=1S/C14H18BrF2N/c1-2-8-18-12-5-3-4-9(12)13-11(16)7-6-10(15)14(13)17/h6-7,9,12,18H,2-5,8H2,1H3. The number of rotatable bonds is 4. The van der Waals surface area contributed by atoms with Gasteiger partial charge in [0.25, 0.3) is 0 Å². The lowest BCUT2D eigenvalue weighted by Gasteiger charge is -2.22. The summed E-state index contributed by atoms with van der Waals surface area (Å²) in [6.07, 6.45) is 3.91. The highest BCUT2D eigenvalue weighted by atomic mass is 79.9. The molecule has 1 nitrogen and oxygen atoms in total. The molecule has 0 spiro atoms. The molecule has 0 radical (unpaired) electrons. The number of halogens is 3. The SMILES string of the molecule is CCCNC1CCCC1c1c(F)ccc(Br)c1F. The first-order valence-electron chi connectivity index (χ1n) is 6.52. The van der Waals surface area contributed by atoms with E-state index < -0.39 is 11.6 Å². The minimum absolute atomic E-state index is 0.0472. The molecule has 0 amide bonds. The normalized spacial score (nSPS) is 23.6. The summed E-state index contributed by atoms with van der Waals surface area (Å²) < 4.78 is 28.3. The second-order valence-corrected chi connectivity index (χ2v) is 5.71. The maximum Gasteiger partial charge on any atom is 0.143 e. The molecule has 2 rings (SSSR count). The largest absolute Gasteiger partial charge is 0.313 e. The lowest BCUT2D eigenvalue weighted by molar-refractivity contribution is 0.443. The van der Waals surface area contributed by atoms with Gasteiger partial charge in [0.15, 0.2) is 0 Å². The Bertz CT molecular complexity index is 423. The molecule has 1 saturated carbocycles. The Morgan fingerprint density at radius 1 is 1.33 bits per heavy atom. The zero-order valence-corrected chi connectivity index (χ0v) is 12.1. The second kappa shape index (κ2) is 6.11. The Balaban J connectivity index is 2.27. The summed E-state index contributed by atoms with van der Waals surface area (Å²) >= 11 is 3.14. The molecule has 0 bridgehead atoms. The fraction of sp³-hybridized carbons (Fsp3) is 0.571. The van der Waals surface area contributed by atoms with E-state index >= 15 is 0 Å². The van der Waals surface area contributed by atoms with Crippen LogP contribution in [0.3, 0.4) is 0 Å². The van der Waals surface area contributed by atoms with Gasteiger partial charge in [0, 0.05) is 17.5 Å². The van der Waals surface area contributed by atoms with Crippen LogP contribution in [0.5, 0.6) is 0 Å². The van der Waals surface area contributed by atoms with E-state index in [4.69, 9.17) is 0 Å². The van der Waals surface area contributed by atoms with Crippen molar-refractivity contribution >= 4 is 15.9 Å². The predicted molar refractivity (Wildman–Crippen MR) is 72.7 cm³/mol. The van der Waals surface area contributed by atoms with Crippen LogP contribution in [-0.2, 0) is 0 Å². The van der Waals surface area contributed by atoms with Crippen LogP contribution in [-0.4, -0.2) is 12.6 Å². The molecule has 1 fully saturated rings. The third kappa shape index (κ3) is 2.75. The number of hydrogen-bond donors (Lipinski definition) is 1. The fourth-order valence-corrected chi connectivity index (χ4v) is 3.11. The summed E-state index contributed by atoms with van der Waals surface area (Å²) in [4.78, 5) is 0. The van der Waals surface area contributed by atoms with Crippen molar-refractivity contribution in [1.29, 1.82) is 0 Å². The summed E-state index contributed by atoms with van der Waals surface area (Å²) in [7, 11) is 0. The van der Waals surface area contributed by atoms with Crippen molar-refractivity contribution < 1.29 is 8.78 Å². The molecule has 1 aliphatic carbocycles. The maximum atomic E-state index is 14.1. The maximum absolute atomic E-state index is 14.1. The monoisotopic (exact) mass is 317 g/mol. The minimum Gasteiger partial charge on any atom is -0.313 e. The average molecular weight is 318 g/mol. The van der Waals surface area contributed by atoms with E-state index in [1.807, 2.05) is 0 Å². The van der Waals surface area contributed by atoms with Crippen molar-refractivity contribution in [2.45, 2.75) is 44.6 Å². The Morgan fingerprint density at radius 2 is 2.11 bits per heavy atom. The highest BCUT2D eigenvalue weighted by Gasteiger charge is 2.32. The Kier molecular flexibility index (Phi) is 4.73. The quantitative estimate of drug-likeness (QED) is 0.813. The van der Waals surface area contributed by atoms with Gasteiger partial charge >= 0.3 is 0 Å². The van der Waals surface area contributed by atoms with E-state index in [0.29, 0.717) is 4.47 Å². The van der Waals surface area contributed by atoms with Crippen LogP contribution in [0.2, 0.25) is 0 Å². The first-order valence-corrected chi connectivity index (χ1v) is 7.31. The zero-order chi connectivity index (χ0) is 13.1. The van der Waals surface area contributed by atoms with E-state index in [1.54, 1.807) is 0 Å². The van der Waals surface area contributed by atoms with Crippen molar-refractivity contribution in [1.82, 2.24) is 5.32 Å². The molecule has 0 heterocycles. The van der Waals surface area contributed by atoms with Crippen LogP contribution in [0.25, 0.3) is 0 Å². The molecule has 0 aromatic heterocycles. The van der Waals surface area contributed by atoms with Crippen molar-refractivity contribution in [3.05, 3.63) is 33.8 Å². The highest BCUT2D eigenvalue weighted by Crippen LogP contribution is 2.38. The van der Waals surface area contributed by atoms with Crippen LogP contribution in [0.1, 0.15) is 44.1 Å². The van der Waals surface area contributed by atoms with Gasteiger partial charge in [-0.1, -0.05) is 13.3 Å². The van der Waals surface area contributed by atoms with Gasteiger partial charge in [-0.15, -0.1) is 0 Å². The molecule has 2 atom stereocenters. The summed E-state index contributed by atoms with van der Waals surface area (Å²) in [6, 6.07) is 2.97. The molecule has 4 heteroatoms. The van der Waals surface area contributed by atoms with Gasteiger partial charge in [0.05, 0.1) is 4.47 Å². The van der Waals surface area contributed by atoms with Gasteiger partial charge in [-0.25, -0.2) is 8.78 Å². The number of hydrogen-bond acceptors (Lipinski definition) is 1. The predicted octanol–water partition coefficient (Wildman–Crippen LogP) is 4.36. The minimum atomic E-state index is -0.440. The third-order valence-electron chi connectivity index (χ3n) is 3.62. The highest BCUT2D eigenvalue weighted by molar-refractivity contribution is 9.10. The van der Waals surface area contributed by atoms with Crippen LogP contribution in [0, 0.1) is 11.6 Å². The summed E-state index contributed by atoms with van der Waals surface area (Å²) in [5.41, 5.74) is 0.246. The van der Waals surface area contributed by atoms with E-state index in [9.17, 15) is 8.78 Å². The molecule has 0 saturated heterocycles. The zero-order valence-electron chi connectivity index (χ0n) is 10.5. The van der Waals surface area contributed by atoms with Crippen molar-refractivity contribution in [2.75, 3.05) is 6.54 Å². The fourth-order valence-electron chi connectivity index (χ4n) is 2.76. The van der Waals surface area contributed by atoms with Gasteiger partial charge in [0.2, 0.25) is 0 Å². The molecular formula is C14H18BrF2N. The lowest BCUT2D eigenvalue weighted by atomic mass is 9.93. The molecule has 1 aromatic carbocycles. The molecular weight excluding hydrogens is 300 g/mol. The summed E-state index contributed by atoms with van der Waals surface area (Å²) in [5.74, 6) is -0.912. The first-order chi connectivity index (χ1) is 8.65. The van der Waals surface area contributed by atoms with Crippen molar-refractivity contribution in [2.24, 2.45) is 0 Å². The smallest absolute Gasteiger partial charge is 0.143 e. The Morgan fingerprint density at radius 3 is 2.83 bits per heavy atom. The Labute approximate surface area is 115 Å². The lowest BCUT2D eigenvalue weighted by Crippen LogP contribution is -2.32. The number of nitrogens with one attached hydrogen (secondary N) is 1. The first kappa shape index (κ1) is 13.9. The van der Waals surface area contributed by atoms with Crippen molar-refractivity contribution in [3.63, 3.8) is 0 Å².